The highest BCUT2D eigenvalue weighted by Crippen LogP contribution is 2.16. The number of hydrogen-bond donors (Lipinski definition) is 2. The number of nitrogens with one attached hydrogen (secondary N) is 1. The summed E-state index contributed by atoms with van der Waals surface area (Å²) >= 11 is 0. The zero-order valence-corrected chi connectivity index (χ0v) is 9.97. The van der Waals surface area contributed by atoms with E-state index in [-0.39, 0.29) is 5.91 Å². The number of H-pyrrole nitrogens is 1. The minimum Gasteiger partial charge on any atom is -0.391 e. The predicted molar refractivity (Wildman–Crippen MR) is 67.2 cm³/mol. The van der Waals surface area contributed by atoms with Crippen LogP contribution in [0.2, 0.25) is 0 Å². The molecule has 0 aliphatic carbocycles. The van der Waals surface area contributed by atoms with Crippen LogP contribution in [0, 0.1) is 0 Å². The van der Waals surface area contributed by atoms with Gasteiger partial charge in [0, 0.05) is 18.7 Å². The van der Waals surface area contributed by atoms with Gasteiger partial charge in [-0.25, -0.2) is 4.98 Å². The molecule has 5 heteroatoms. The van der Waals surface area contributed by atoms with Crippen LogP contribution in [-0.4, -0.2) is 45.1 Å². The number of piperidine rings is 1. The van der Waals surface area contributed by atoms with Gasteiger partial charge in [-0.1, -0.05) is 0 Å². The number of likely N-dealkylation sites (tertiary alicyclic amines) is 1. The van der Waals surface area contributed by atoms with Crippen LogP contribution >= 0.6 is 0 Å². The van der Waals surface area contributed by atoms with Crippen molar-refractivity contribution in [1.29, 1.82) is 0 Å². The third-order valence-electron chi connectivity index (χ3n) is 3.35. The monoisotopic (exact) mass is 245 g/mol. The van der Waals surface area contributed by atoms with E-state index in [2.05, 4.69) is 9.97 Å². The highest BCUT2D eigenvalue weighted by molar-refractivity contribution is 5.97. The molecule has 18 heavy (non-hydrogen) atoms. The Balaban J connectivity index is 1.86. The Hall–Kier alpha value is -1.88. The molecule has 3 rings (SSSR count). The van der Waals surface area contributed by atoms with Gasteiger partial charge in [0.2, 0.25) is 0 Å². The summed E-state index contributed by atoms with van der Waals surface area (Å²) in [7, 11) is 0. The normalized spacial score (nSPS) is 20.3. The van der Waals surface area contributed by atoms with E-state index in [1.54, 1.807) is 17.3 Å². The van der Waals surface area contributed by atoms with Crippen molar-refractivity contribution in [2.45, 2.75) is 18.9 Å². The zero-order valence-electron chi connectivity index (χ0n) is 9.97. The van der Waals surface area contributed by atoms with Crippen LogP contribution < -0.4 is 0 Å². The second-order valence-electron chi connectivity index (χ2n) is 4.68. The molecule has 1 atom stereocenters. The number of carbonyl (C=O) groups is 1. The van der Waals surface area contributed by atoms with Gasteiger partial charge in [-0.15, -0.1) is 0 Å². The Morgan fingerprint density at radius 3 is 3.22 bits per heavy atom. The summed E-state index contributed by atoms with van der Waals surface area (Å²) in [5, 5.41) is 9.60. The molecule has 1 fully saturated rings. The van der Waals surface area contributed by atoms with Crippen molar-refractivity contribution in [2.75, 3.05) is 13.1 Å². The number of rotatable bonds is 1. The van der Waals surface area contributed by atoms with Crippen LogP contribution in [0.4, 0.5) is 0 Å². The third kappa shape index (κ3) is 1.97. The number of aromatic nitrogens is 2. The van der Waals surface area contributed by atoms with Crippen molar-refractivity contribution in [3.63, 3.8) is 0 Å². The molecular weight excluding hydrogens is 230 g/mol. The first-order chi connectivity index (χ1) is 8.74. The number of nitrogens with zero attached hydrogens (tertiary/aromatic N) is 2. The van der Waals surface area contributed by atoms with E-state index in [1.807, 2.05) is 12.1 Å². The molecule has 94 valence electrons. The second-order valence-corrected chi connectivity index (χ2v) is 4.68. The lowest BCUT2D eigenvalue weighted by molar-refractivity contribution is 0.0474. The molecule has 1 saturated heterocycles. The highest BCUT2D eigenvalue weighted by atomic mass is 16.3. The van der Waals surface area contributed by atoms with Crippen LogP contribution in [0.15, 0.2) is 24.5 Å². The number of aliphatic hydroxyl groups is 1. The average Bonchev–Trinajstić information content (AvgIpc) is 2.85. The summed E-state index contributed by atoms with van der Waals surface area (Å²) < 4.78 is 0. The molecule has 1 aliphatic heterocycles. The predicted octanol–water partition coefficient (Wildman–Crippen LogP) is 1.16. The number of carbonyl (C=O) groups excluding carboxylic acids is 1. The fraction of sp³-hybridized carbons (Fsp3) is 0.385. The Morgan fingerprint density at radius 2 is 2.39 bits per heavy atom. The number of amides is 1. The average molecular weight is 245 g/mol. The maximum atomic E-state index is 12.3. The molecule has 1 unspecified atom stereocenters. The number of aliphatic hydroxyl groups excluding tert-OH is 1. The van der Waals surface area contributed by atoms with Crippen molar-refractivity contribution in [3.8, 4) is 0 Å². The molecule has 1 aromatic heterocycles. The molecule has 5 nitrogen and oxygen atoms in total. The molecule has 0 spiro atoms. The molecular formula is C13H15N3O2. The van der Waals surface area contributed by atoms with Crippen molar-refractivity contribution in [1.82, 2.24) is 14.9 Å². The standard InChI is InChI=1S/C13H15N3O2/c17-10-2-1-5-16(7-10)13(18)9-3-4-11-12(6-9)15-8-14-11/h3-4,6,8,10,17H,1-2,5,7H2,(H,14,15). The molecule has 0 radical (unpaired) electrons. The molecule has 2 N–H and O–H groups in total. The minimum atomic E-state index is -0.390. The van der Waals surface area contributed by atoms with E-state index in [9.17, 15) is 9.90 Å². The molecule has 2 heterocycles. The molecule has 1 amide bonds. The number of benzene rings is 1. The van der Waals surface area contributed by atoms with Crippen LogP contribution in [-0.2, 0) is 0 Å². The number of imidazole rings is 1. The largest absolute Gasteiger partial charge is 0.391 e. The van der Waals surface area contributed by atoms with Crippen molar-refractivity contribution in [3.05, 3.63) is 30.1 Å². The van der Waals surface area contributed by atoms with Gasteiger partial charge in [-0.2, -0.15) is 0 Å². The highest BCUT2D eigenvalue weighted by Gasteiger charge is 2.23. The van der Waals surface area contributed by atoms with Gasteiger partial charge < -0.3 is 15.0 Å². The third-order valence-corrected chi connectivity index (χ3v) is 3.35. The Bertz CT molecular complexity index is 578. The van der Waals surface area contributed by atoms with Gasteiger partial charge in [-0.05, 0) is 31.0 Å². The minimum absolute atomic E-state index is 0.0229. The lowest BCUT2D eigenvalue weighted by Crippen LogP contribution is -2.42. The number of fused-ring (bicyclic) bond motifs is 1. The van der Waals surface area contributed by atoms with Crippen molar-refractivity contribution >= 4 is 16.9 Å². The van der Waals surface area contributed by atoms with Gasteiger partial charge in [0.15, 0.2) is 0 Å². The first kappa shape index (κ1) is 11.2. The van der Waals surface area contributed by atoms with Crippen LogP contribution in [0.1, 0.15) is 23.2 Å². The topological polar surface area (TPSA) is 69.2 Å². The molecule has 0 saturated carbocycles. The van der Waals surface area contributed by atoms with Gasteiger partial charge in [-0.3, -0.25) is 4.79 Å². The van der Waals surface area contributed by atoms with Crippen molar-refractivity contribution in [2.24, 2.45) is 0 Å². The van der Waals surface area contributed by atoms with E-state index >= 15 is 0 Å². The first-order valence-electron chi connectivity index (χ1n) is 6.14. The van der Waals surface area contributed by atoms with Crippen LogP contribution in [0.5, 0.6) is 0 Å². The Kier molecular flexibility index (Phi) is 2.76. The zero-order chi connectivity index (χ0) is 12.5. The summed E-state index contributed by atoms with van der Waals surface area (Å²) in [4.78, 5) is 21.1. The lowest BCUT2D eigenvalue weighted by Gasteiger charge is -2.30. The van der Waals surface area contributed by atoms with E-state index in [4.69, 9.17) is 0 Å². The number of hydrogen-bond acceptors (Lipinski definition) is 3. The molecule has 1 aromatic carbocycles. The summed E-state index contributed by atoms with van der Waals surface area (Å²) in [6.45, 7) is 1.15. The Labute approximate surface area is 104 Å². The van der Waals surface area contributed by atoms with E-state index in [1.165, 1.54) is 0 Å². The Morgan fingerprint density at radius 1 is 1.50 bits per heavy atom. The summed E-state index contributed by atoms with van der Waals surface area (Å²) in [5.74, 6) is -0.0229. The van der Waals surface area contributed by atoms with Gasteiger partial charge in [0.05, 0.1) is 23.5 Å². The fourth-order valence-corrected chi connectivity index (χ4v) is 2.39. The second kappa shape index (κ2) is 4.42. The SMILES string of the molecule is O=C(c1ccc2nc[nH]c2c1)N1CCCC(O)C1. The lowest BCUT2D eigenvalue weighted by atomic mass is 10.1. The van der Waals surface area contributed by atoms with E-state index in [0.29, 0.717) is 12.1 Å². The van der Waals surface area contributed by atoms with E-state index < -0.39 is 6.10 Å². The van der Waals surface area contributed by atoms with Gasteiger partial charge >= 0.3 is 0 Å². The maximum Gasteiger partial charge on any atom is 0.254 e. The van der Waals surface area contributed by atoms with Crippen LogP contribution in [0.3, 0.4) is 0 Å². The summed E-state index contributed by atoms with van der Waals surface area (Å²) in [6.07, 6.45) is 2.87. The van der Waals surface area contributed by atoms with E-state index in [0.717, 1.165) is 30.4 Å². The summed E-state index contributed by atoms with van der Waals surface area (Å²) in [6, 6.07) is 5.43. The van der Waals surface area contributed by atoms with Crippen molar-refractivity contribution < 1.29 is 9.90 Å². The smallest absolute Gasteiger partial charge is 0.254 e. The van der Waals surface area contributed by atoms with Gasteiger partial charge in [0.1, 0.15) is 0 Å². The molecule has 1 aliphatic rings. The van der Waals surface area contributed by atoms with Gasteiger partial charge in [0.25, 0.3) is 5.91 Å². The summed E-state index contributed by atoms with van der Waals surface area (Å²) in [5.41, 5.74) is 2.35. The first-order valence-corrected chi connectivity index (χ1v) is 6.14. The molecule has 0 bridgehead atoms. The number of β-amino-alcohol motifs (C(OH)–C–C–N with tert-alkyl or cyclic N) is 1. The quantitative estimate of drug-likeness (QED) is 0.792. The fourth-order valence-electron chi connectivity index (χ4n) is 2.39. The maximum absolute atomic E-state index is 12.3. The number of aromatic amines is 1. The molecule has 2 aromatic rings. The van der Waals surface area contributed by atoms with Crippen LogP contribution in [0.25, 0.3) is 11.0 Å².